The molecule has 0 aliphatic rings. The summed E-state index contributed by atoms with van der Waals surface area (Å²) in [7, 11) is 0. The summed E-state index contributed by atoms with van der Waals surface area (Å²) in [5.74, 6) is -0.733. The monoisotopic (exact) mass is 383 g/mol. The number of rotatable bonds is 7. The first-order valence-corrected chi connectivity index (χ1v) is 8.75. The lowest BCUT2D eigenvalue weighted by atomic mass is 10.1. The first-order chi connectivity index (χ1) is 11.8. The number of benzene rings is 1. The fourth-order valence-electron chi connectivity index (χ4n) is 1.67. The average Bonchev–Trinajstić information content (AvgIpc) is 3.00. The molecule has 0 saturated carbocycles. The molecule has 2 rings (SSSR count). The molecule has 0 bridgehead atoms. The van der Waals surface area contributed by atoms with Crippen molar-refractivity contribution in [2.24, 2.45) is 0 Å². The van der Waals surface area contributed by atoms with Crippen LogP contribution in [-0.2, 0) is 0 Å². The lowest BCUT2D eigenvalue weighted by Crippen LogP contribution is -2.12. The van der Waals surface area contributed by atoms with Crippen molar-refractivity contribution in [3.63, 3.8) is 0 Å². The van der Waals surface area contributed by atoms with Crippen LogP contribution in [0.1, 0.15) is 30.6 Å². The molecule has 0 aliphatic heterocycles. The molecule has 1 unspecified atom stereocenters. The van der Waals surface area contributed by atoms with Gasteiger partial charge in [-0.25, -0.2) is 0 Å². The van der Waals surface area contributed by atoms with Gasteiger partial charge in [0.1, 0.15) is 0 Å². The zero-order valence-electron chi connectivity index (χ0n) is 13.2. The Hall–Kier alpha value is -2.60. The molecule has 1 heterocycles. The zero-order chi connectivity index (χ0) is 18.6. The van der Waals surface area contributed by atoms with E-state index >= 15 is 0 Å². The number of non-ortho nitro benzene ring substituents is 2. The molecule has 1 atom stereocenters. The maximum Gasteiger partial charge on any atom is 0.277 e. The summed E-state index contributed by atoms with van der Waals surface area (Å²) >= 11 is 2.68. The minimum absolute atomic E-state index is 0.202. The predicted molar refractivity (Wildman–Crippen MR) is 93.2 cm³/mol. The molecule has 0 aliphatic carbocycles. The third kappa shape index (κ3) is 4.93. The molecule has 0 spiro atoms. The standard InChI is InChI=1S/C13H13N5O5S2/c1-3-7(2)24-13-16-15-12(25-13)14-11(19)8-4-9(17(20)21)6-10(5-8)18(22)23/h4-7H,3H2,1-2H3,(H,14,15,19). The Kier molecular flexibility index (Phi) is 5.98. The highest BCUT2D eigenvalue weighted by molar-refractivity contribution is 8.01. The number of thioether (sulfide) groups is 1. The molecule has 0 radical (unpaired) electrons. The van der Waals surface area contributed by atoms with Crippen molar-refractivity contribution in [3.8, 4) is 0 Å². The maximum absolute atomic E-state index is 12.2. The van der Waals surface area contributed by atoms with E-state index in [0.717, 1.165) is 36.0 Å². The molecule has 1 aromatic heterocycles. The molecule has 132 valence electrons. The van der Waals surface area contributed by atoms with Crippen molar-refractivity contribution >= 4 is 45.5 Å². The topological polar surface area (TPSA) is 141 Å². The van der Waals surface area contributed by atoms with Crippen LogP contribution in [0, 0.1) is 20.2 Å². The highest BCUT2D eigenvalue weighted by Crippen LogP contribution is 2.30. The number of carbonyl (C=O) groups is 1. The maximum atomic E-state index is 12.2. The smallest absolute Gasteiger partial charge is 0.277 e. The summed E-state index contributed by atoms with van der Waals surface area (Å²) in [6, 6.07) is 2.74. The second-order valence-corrected chi connectivity index (χ2v) is 7.58. The van der Waals surface area contributed by atoms with Gasteiger partial charge in [0.25, 0.3) is 17.3 Å². The van der Waals surface area contributed by atoms with E-state index < -0.39 is 27.1 Å². The Bertz CT molecular complexity index is 793. The number of carbonyl (C=O) groups excluding carboxylic acids is 1. The molecule has 12 heteroatoms. The number of aromatic nitrogens is 2. The van der Waals surface area contributed by atoms with E-state index in [2.05, 4.69) is 15.5 Å². The van der Waals surface area contributed by atoms with Crippen molar-refractivity contribution in [1.82, 2.24) is 10.2 Å². The molecule has 1 aromatic carbocycles. The van der Waals surface area contributed by atoms with Gasteiger partial charge in [0.2, 0.25) is 5.13 Å². The summed E-state index contributed by atoms with van der Waals surface area (Å²) in [5.41, 5.74) is -1.28. The van der Waals surface area contributed by atoms with Gasteiger partial charge in [-0.2, -0.15) is 0 Å². The quantitative estimate of drug-likeness (QED) is 0.331. The fourth-order valence-corrected chi connectivity index (χ4v) is 3.66. The van der Waals surface area contributed by atoms with Gasteiger partial charge in [-0.05, 0) is 6.42 Å². The number of nitrogens with zero attached hydrogens (tertiary/aromatic N) is 4. The van der Waals surface area contributed by atoms with Crippen LogP contribution in [0.2, 0.25) is 0 Å². The molecule has 0 saturated heterocycles. The number of hydrogen-bond acceptors (Lipinski definition) is 9. The zero-order valence-corrected chi connectivity index (χ0v) is 14.8. The van der Waals surface area contributed by atoms with Crippen molar-refractivity contribution < 1.29 is 14.6 Å². The van der Waals surface area contributed by atoms with E-state index in [9.17, 15) is 25.0 Å². The third-order valence-corrected chi connectivity index (χ3v) is 5.28. The molecule has 1 amide bonds. The van der Waals surface area contributed by atoms with Gasteiger partial charge >= 0.3 is 0 Å². The van der Waals surface area contributed by atoms with Crippen LogP contribution in [-0.4, -0.2) is 31.2 Å². The van der Waals surface area contributed by atoms with Crippen LogP contribution < -0.4 is 5.32 Å². The molecule has 1 N–H and O–H groups in total. The number of anilines is 1. The molecular weight excluding hydrogens is 370 g/mol. The number of amides is 1. The lowest BCUT2D eigenvalue weighted by Gasteiger charge is -2.03. The van der Waals surface area contributed by atoms with Gasteiger partial charge in [-0.15, -0.1) is 10.2 Å². The molecular formula is C13H13N5O5S2. The van der Waals surface area contributed by atoms with Crippen molar-refractivity contribution in [2.75, 3.05) is 5.32 Å². The predicted octanol–water partition coefficient (Wildman–Crippen LogP) is 3.50. The lowest BCUT2D eigenvalue weighted by molar-refractivity contribution is -0.394. The van der Waals surface area contributed by atoms with Gasteiger partial charge in [0.05, 0.1) is 21.5 Å². The summed E-state index contributed by atoms with van der Waals surface area (Å²) in [6.07, 6.45) is 0.948. The Labute approximate surface area is 150 Å². The van der Waals surface area contributed by atoms with Crippen molar-refractivity contribution in [2.45, 2.75) is 29.9 Å². The average molecular weight is 383 g/mol. The van der Waals surface area contributed by atoms with E-state index in [0.29, 0.717) is 9.59 Å². The van der Waals surface area contributed by atoms with Gasteiger partial charge in [-0.3, -0.25) is 30.3 Å². The minimum Gasteiger partial charge on any atom is -0.296 e. The van der Waals surface area contributed by atoms with Gasteiger partial charge in [0, 0.05) is 17.4 Å². The summed E-state index contributed by atoms with van der Waals surface area (Å²) < 4.78 is 0.676. The Balaban J connectivity index is 2.20. The van der Waals surface area contributed by atoms with Crippen molar-refractivity contribution in [3.05, 3.63) is 44.0 Å². The first kappa shape index (κ1) is 18.7. The van der Waals surface area contributed by atoms with E-state index in [4.69, 9.17) is 0 Å². The Morgan fingerprint density at radius 1 is 1.24 bits per heavy atom. The van der Waals surface area contributed by atoms with E-state index in [1.807, 2.05) is 13.8 Å². The van der Waals surface area contributed by atoms with Crippen LogP contribution in [0.5, 0.6) is 0 Å². The van der Waals surface area contributed by atoms with E-state index in [1.165, 1.54) is 11.8 Å². The van der Waals surface area contributed by atoms with Gasteiger partial charge < -0.3 is 0 Å². The van der Waals surface area contributed by atoms with Crippen molar-refractivity contribution in [1.29, 1.82) is 0 Å². The van der Waals surface area contributed by atoms with E-state index in [1.54, 1.807) is 0 Å². The molecule has 25 heavy (non-hydrogen) atoms. The second kappa shape index (κ2) is 7.98. The fraction of sp³-hybridized carbons (Fsp3) is 0.308. The highest BCUT2D eigenvalue weighted by atomic mass is 32.2. The largest absolute Gasteiger partial charge is 0.296 e. The summed E-state index contributed by atoms with van der Waals surface area (Å²) in [5, 5.41) is 32.5. The van der Waals surface area contributed by atoms with Gasteiger partial charge in [0.15, 0.2) is 4.34 Å². The molecule has 10 nitrogen and oxygen atoms in total. The first-order valence-electron chi connectivity index (χ1n) is 7.05. The Morgan fingerprint density at radius 2 is 1.84 bits per heavy atom. The van der Waals surface area contributed by atoms with E-state index in [-0.39, 0.29) is 10.7 Å². The number of nitro benzene ring substituents is 2. The normalized spacial score (nSPS) is 11.8. The molecule has 0 fully saturated rings. The van der Waals surface area contributed by atoms with Crippen LogP contribution in [0.4, 0.5) is 16.5 Å². The molecule has 2 aromatic rings. The third-order valence-electron chi connectivity index (χ3n) is 3.09. The summed E-state index contributed by atoms with van der Waals surface area (Å²) in [6.45, 7) is 4.07. The minimum atomic E-state index is -0.796. The number of nitrogens with one attached hydrogen (secondary N) is 1. The number of nitro groups is 2. The van der Waals surface area contributed by atoms with Crippen LogP contribution >= 0.6 is 23.1 Å². The second-order valence-electron chi connectivity index (χ2n) is 4.92. The summed E-state index contributed by atoms with van der Waals surface area (Å²) in [4.78, 5) is 32.4. The van der Waals surface area contributed by atoms with Crippen LogP contribution in [0.25, 0.3) is 0 Å². The Morgan fingerprint density at radius 3 is 2.36 bits per heavy atom. The van der Waals surface area contributed by atoms with Gasteiger partial charge in [-0.1, -0.05) is 36.9 Å². The van der Waals surface area contributed by atoms with Crippen LogP contribution in [0.3, 0.4) is 0 Å². The van der Waals surface area contributed by atoms with Crippen LogP contribution in [0.15, 0.2) is 22.5 Å². The SMILES string of the molecule is CCC(C)Sc1nnc(NC(=O)c2cc([N+](=O)[O-])cc([N+](=O)[O-])c2)s1. The highest BCUT2D eigenvalue weighted by Gasteiger charge is 2.21. The number of hydrogen-bond donors (Lipinski definition) is 1.